The van der Waals surface area contributed by atoms with Crippen LogP contribution in [0.25, 0.3) is 0 Å². The summed E-state index contributed by atoms with van der Waals surface area (Å²) in [7, 11) is 0. The van der Waals surface area contributed by atoms with Gasteiger partial charge in [-0.05, 0) is 37.0 Å². The molecule has 3 rings (SSSR count). The minimum absolute atomic E-state index is 0.371. The molecule has 0 aliphatic heterocycles. The molecule has 0 aromatic carbocycles. The zero-order valence-electron chi connectivity index (χ0n) is 11.8. The highest BCUT2D eigenvalue weighted by Gasteiger charge is 2.20. The zero-order chi connectivity index (χ0) is 14.7. The summed E-state index contributed by atoms with van der Waals surface area (Å²) >= 11 is 0. The van der Waals surface area contributed by atoms with E-state index in [9.17, 15) is 9.90 Å². The Balaban J connectivity index is 1.61. The number of carbonyl (C=O) groups is 1. The van der Waals surface area contributed by atoms with Gasteiger partial charge < -0.3 is 9.52 Å². The minimum atomic E-state index is -0.874. The molecule has 2 aromatic rings. The Morgan fingerprint density at radius 2 is 2.33 bits per heavy atom. The molecule has 0 saturated carbocycles. The summed E-state index contributed by atoms with van der Waals surface area (Å²) < 4.78 is 5.80. The minimum Gasteiger partial charge on any atom is -0.480 e. The number of hydrogen-bond acceptors (Lipinski definition) is 4. The Hall–Kier alpha value is -2.08. The second kappa shape index (κ2) is 6.13. The Morgan fingerprint density at radius 1 is 1.48 bits per heavy atom. The second-order valence-corrected chi connectivity index (χ2v) is 5.43. The number of carboxylic acids is 1. The molecule has 0 fully saturated rings. The topological polar surface area (TPSA) is 91.1 Å². The second-order valence-electron chi connectivity index (χ2n) is 5.43. The van der Waals surface area contributed by atoms with Crippen LogP contribution >= 0.6 is 0 Å². The number of carboxylic acid groups (broad SMARTS) is 1. The summed E-state index contributed by atoms with van der Waals surface area (Å²) in [5.41, 5.74) is 2.08. The van der Waals surface area contributed by atoms with Gasteiger partial charge in [-0.2, -0.15) is 5.10 Å². The van der Waals surface area contributed by atoms with Crippen LogP contribution in [-0.4, -0.2) is 27.3 Å². The van der Waals surface area contributed by atoms with Crippen molar-refractivity contribution in [3.63, 3.8) is 0 Å². The van der Waals surface area contributed by atoms with E-state index in [0.29, 0.717) is 13.0 Å². The fourth-order valence-corrected chi connectivity index (χ4v) is 2.73. The highest BCUT2D eigenvalue weighted by Crippen LogP contribution is 2.24. The molecule has 112 valence electrons. The zero-order valence-corrected chi connectivity index (χ0v) is 11.8. The molecule has 6 heteroatoms. The summed E-state index contributed by atoms with van der Waals surface area (Å²) in [4.78, 5) is 11.3. The third-order valence-electron chi connectivity index (χ3n) is 3.85. The predicted molar refractivity (Wildman–Crippen MR) is 75.9 cm³/mol. The van der Waals surface area contributed by atoms with E-state index in [4.69, 9.17) is 4.42 Å². The molecule has 1 unspecified atom stereocenters. The molecule has 1 aliphatic rings. The molecule has 6 nitrogen and oxygen atoms in total. The molecular weight excluding hydrogens is 270 g/mol. The van der Waals surface area contributed by atoms with Crippen LogP contribution < -0.4 is 5.32 Å². The first kappa shape index (κ1) is 13.9. The van der Waals surface area contributed by atoms with Crippen LogP contribution in [0.4, 0.5) is 0 Å². The molecule has 2 heterocycles. The molecule has 1 aliphatic carbocycles. The normalized spacial score (nSPS) is 15.6. The largest absolute Gasteiger partial charge is 0.480 e. The Kier molecular flexibility index (Phi) is 4.06. The molecule has 0 radical (unpaired) electrons. The number of rotatable bonds is 6. The monoisotopic (exact) mass is 289 g/mol. The van der Waals surface area contributed by atoms with Crippen molar-refractivity contribution in [2.45, 2.75) is 44.7 Å². The number of fused-ring (bicyclic) bond motifs is 1. The average molecular weight is 289 g/mol. The van der Waals surface area contributed by atoms with Crippen LogP contribution in [-0.2, 0) is 30.6 Å². The number of hydrogen-bond donors (Lipinski definition) is 3. The lowest BCUT2D eigenvalue weighted by Gasteiger charge is -2.12. The first-order valence-electron chi connectivity index (χ1n) is 7.27. The van der Waals surface area contributed by atoms with Crippen LogP contribution in [0.15, 0.2) is 22.7 Å². The number of nitrogens with zero attached hydrogens (tertiary/aromatic N) is 1. The van der Waals surface area contributed by atoms with Gasteiger partial charge in [-0.3, -0.25) is 15.2 Å². The molecular formula is C15H19N3O3. The van der Waals surface area contributed by atoms with Crippen molar-refractivity contribution >= 4 is 5.97 Å². The van der Waals surface area contributed by atoms with Crippen molar-refractivity contribution in [2.24, 2.45) is 0 Å². The fraction of sp³-hybridized carbons (Fsp3) is 0.467. The van der Waals surface area contributed by atoms with Crippen molar-refractivity contribution in [2.75, 3.05) is 0 Å². The van der Waals surface area contributed by atoms with E-state index in [1.807, 2.05) is 0 Å². The molecule has 0 spiro atoms. The van der Waals surface area contributed by atoms with Gasteiger partial charge in [-0.15, -0.1) is 0 Å². The third-order valence-corrected chi connectivity index (χ3v) is 3.85. The van der Waals surface area contributed by atoms with Crippen LogP contribution in [0.3, 0.4) is 0 Å². The van der Waals surface area contributed by atoms with E-state index in [1.165, 1.54) is 18.4 Å². The van der Waals surface area contributed by atoms with E-state index in [2.05, 4.69) is 21.6 Å². The van der Waals surface area contributed by atoms with E-state index in [0.717, 1.165) is 30.1 Å². The third kappa shape index (κ3) is 3.33. The quantitative estimate of drug-likeness (QED) is 0.752. The number of nitrogens with one attached hydrogen (secondary N) is 2. The molecule has 0 saturated heterocycles. The van der Waals surface area contributed by atoms with Crippen molar-refractivity contribution in [3.8, 4) is 0 Å². The summed E-state index contributed by atoms with van der Waals surface area (Å²) in [5, 5.41) is 18.9. The maximum atomic E-state index is 11.3. The smallest absolute Gasteiger partial charge is 0.321 e. The molecule has 21 heavy (non-hydrogen) atoms. The summed E-state index contributed by atoms with van der Waals surface area (Å²) in [6.45, 7) is 0.429. The number of aromatic amines is 1. The first-order valence-corrected chi connectivity index (χ1v) is 7.27. The van der Waals surface area contributed by atoms with Gasteiger partial charge in [0.15, 0.2) is 0 Å². The Bertz CT molecular complexity index is 580. The molecule has 3 N–H and O–H groups in total. The van der Waals surface area contributed by atoms with E-state index < -0.39 is 12.0 Å². The molecule has 0 bridgehead atoms. The maximum absolute atomic E-state index is 11.3. The number of aryl methyl sites for hydroxylation is 2. The molecule has 1 atom stereocenters. The molecule has 0 amide bonds. The van der Waals surface area contributed by atoms with Gasteiger partial charge >= 0.3 is 5.97 Å². The lowest BCUT2D eigenvalue weighted by atomic mass is 9.99. The van der Waals surface area contributed by atoms with E-state index in [1.54, 1.807) is 12.3 Å². The highest BCUT2D eigenvalue weighted by molar-refractivity contribution is 5.73. The van der Waals surface area contributed by atoms with Gasteiger partial charge in [0.1, 0.15) is 17.6 Å². The highest BCUT2D eigenvalue weighted by atomic mass is 16.4. The number of furan rings is 1. The van der Waals surface area contributed by atoms with Gasteiger partial charge in [0, 0.05) is 24.7 Å². The predicted octanol–water partition coefficient (Wildman–Crippen LogP) is 1.67. The lowest BCUT2D eigenvalue weighted by Crippen LogP contribution is -2.38. The summed E-state index contributed by atoms with van der Waals surface area (Å²) in [6.07, 6.45) is 6.42. The van der Waals surface area contributed by atoms with Gasteiger partial charge in [0.25, 0.3) is 0 Å². The Morgan fingerprint density at radius 3 is 3.05 bits per heavy atom. The van der Waals surface area contributed by atoms with Gasteiger partial charge in [-0.1, -0.05) is 0 Å². The van der Waals surface area contributed by atoms with E-state index in [-0.39, 0.29) is 0 Å². The molecule has 2 aromatic heterocycles. The summed E-state index contributed by atoms with van der Waals surface area (Å²) in [5.74, 6) is 1.01. The van der Waals surface area contributed by atoms with Gasteiger partial charge in [-0.25, -0.2) is 0 Å². The van der Waals surface area contributed by atoms with E-state index >= 15 is 0 Å². The van der Waals surface area contributed by atoms with Crippen LogP contribution in [0.1, 0.15) is 35.6 Å². The summed E-state index contributed by atoms with van der Waals surface area (Å²) in [6, 6.07) is 3.17. The fourth-order valence-electron chi connectivity index (χ4n) is 2.73. The Labute approximate surface area is 122 Å². The van der Waals surface area contributed by atoms with Gasteiger partial charge in [0.05, 0.1) is 6.54 Å². The van der Waals surface area contributed by atoms with Crippen molar-refractivity contribution in [1.82, 2.24) is 15.5 Å². The standard InChI is InChI=1S/C15H19N3O3/c19-15(20)13(8-11-5-6-17-18-11)16-9-12-7-10-3-1-2-4-14(10)21-12/h5-7,13,16H,1-4,8-9H2,(H,17,18)(H,19,20). The maximum Gasteiger partial charge on any atom is 0.321 e. The SMILES string of the molecule is O=C(O)C(Cc1ccn[nH]1)NCc1cc2c(o1)CCCC2. The average Bonchev–Trinajstić information content (AvgIpc) is 3.11. The van der Waals surface area contributed by atoms with Crippen molar-refractivity contribution < 1.29 is 14.3 Å². The first-order chi connectivity index (χ1) is 10.2. The number of H-pyrrole nitrogens is 1. The van der Waals surface area contributed by atoms with Crippen LogP contribution in [0, 0.1) is 0 Å². The van der Waals surface area contributed by atoms with Crippen molar-refractivity contribution in [3.05, 3.63) is 41.1 Å². The van der Waals surface area contributed by atoms with Crippen molar-refractivity contribution in [1.29, 1.82) is 0 Å². The van der Waals surface area contributed by atoms with Crippen LogP contribution in [0.2, 0.25) is 0 Å². The van der Waals surface area contributed by atoms with Crippen LogP contribution in [0.5, 0.6) is 0 Å². The lowest BCUT2D eigenvalue weighted by molar-refractivity contribution is -0.139. The van der Waals surface area contributed by atoms with Gasteiger partial charge in [0.2, 0.25) is 0 Å². The number of aromatic nitrogens is 2. The number of aliphatic carboxylic acids is 1.